The molecular weight excluding hydrogens is 175 g/mol. The molecule has 0 atom stereocenters. The number of aromatic hydroxyl groups is 1. The van der Waals surface area contributed by atoms with Crippen molar-refractivity contribution in [2.75, 3.05) is 0 Å². The Hall–Kier alpha value is -0.410. The Morgan fingerprint density at radius 2 is 2.10 bits per heavy atom. The second-order valence-corrected chi connectivity index (χ2v) is 2.64. The van der Waals surface area contributed by atoms with Crippen LogP contribution in [0.15, 0.2) is 17.0 Å². The second-order valence-electron chi connectivity index (χ2n) is 1.76. The van der Waals surface area contributed by atoms with Gasteiger partial charge in [0.1, 0.15) is 11.6 Å². The first-order valence-corrected chi connectivity index (χ1v) is 3.31. The van der Waals surface area contributed by atoms with Crippen LogP contribution in [0, 0.1) is 5.82 Å². The molecule has 1 N–H and O–H groups in total. The Labute approximate surface area is 67.8 Å². The smallest absolute Gasteiger partial charge is 0.147 e. The largest absolute Gasteiger partial charge is 0.505 e. The zero-order chi connectivity index (χ0) is 7.72. The van der Waals surface area contributed by atoms with Gasteiger partial charge in [0.15, 0.2) is 0 Å². The molecule has 0 aliphatic rings. The van der Waals surface area contributed by atoms with Crippen LogP contribution in [-0.2, 0) is 0 Å². The van der Waals surface area contributed by atoms with Crippen molar-refractivity contribution in [1.82, 2.24) is 0 Å². The van der Waals surface area contributed by atoms with Gasteiger partial charge in [0.25, 0.3) is 0 Å². The fourth-order valence-corrected chi connectivity index (χ4v) is 1.07. The third-order valence-electron chi connectivity index (χ3n) is 1.01. The first-order chi connectivity index (χ1) is 4.61. The van der Waals surface area contributed by atoms with Crippen molar-refractivity contribution in [2.24, 2.45) is 0 Å². The van der Waals surface area contributed by atoms with E-state index < -0.39 is 5.82 Å². The lowest BCUT2D eigenvalue weighted by Crippen LogP contribution is -1.76. The number of halogens is 2. The van der Waals surface area contributed by atoms with E-state index in [4.69, 9.17) is 16.7 Å². The number of thiol groups is 1. The minimum Gasteiger partial charge on any atom is -0.505 e. The van der Waals surface area contributed by atoms with E-state index in [1.807, 2.05) is 0 Å². The van der Waals surface area contributed by atoms with E-state index in [1.165, 1.54) is 0 Å². The summed E-state index contributed by atoms with van der Waals surface area (Å²) in [5.41, 5.74) is 0. The first kappa shape index (κ1) is 7.69. The molecule has 0 aliphatic carbocycles. The third kappa shape index (κ3) is 1.36. The van der Waals surface area contributed by atoms with Crippen molar-refractivity contribution >= 4 is 24.2 Å². The van der Waals surface area contributed by atoms with Crippen LogP contribution in [0.2, 0.25) is 5.02 Å². The monoisotopic (exact) mass is 178 g/mol. The number of phenols is 1. The maximum Gasteiger partial charge on any atom is 0.147 e. The number of rotatable bonds is 0. The van der Waals surface area contributed by atoms with Crippen molar-refractivity contribution in [3.63, 3.8) is 0 Å². The molecule has 4 heteroatoms. The number of phenolic OH excluding ortho intramolecular Hbond substituents is 1. The van der Waals surface area contributed by atoms with Gasteiger partial charge in [-0.25, -0.2) is 4.39 Å². The minimum absolute atomic E-state index is 0.0231. The predicted octanol–water partition coefficient (Wildman–Crippen LogP) is 2.47. The third-order valence-corrected chi connectivity index (χ3v) is 1.64. The number of benzene rings is 1. The Balaban J connectivity index is 3.31. The molecule has 1 aromatic carbocycles. The summed E-state index contributed by atoms with van der Waals surface area (Å²) in [6.45, 7) is 0. The van der Waals surface area contributed by atoms with Gasteiger partial charge in [-0.3, -0.25) is 0 Å². The molecule has 0 bridgehead atoms. The number of hydrogen-bond acceptors (Lipinski definition) is 2. The van der Waals surface area contributed by atoms with Gasteiger partial charge in [0.05, 0.1) is 9.92 Å². The van der Waals surface area contributed by atoms with Gasteiger partial charge in [0, 0.05) is 0 Å². The lowest BCUT2D eigenvalue weighted by atomic mass is 10.3. The maximum absolute atomic E-state index is 12.4. The highest BCUT2D eigenvalue weighted by Crippen LogP contribution is 2.30. The standard InChI is InChI=1S/C6H4ClFOS/c7-4-1-3(8)2-5(10)6(4)9/h1-2,9-10H. The molecule has 0 saturated carbocycles. The SMILES string of the molecule is Oc1c(S)cc(F)cc1Cl. The summed E-state index contributed by atoms with van der Waals surface area (Å²) in [4.78, 5) is 0.144. The Morgan fingerprint density at radius 1 is 1.50 bits per heavy atom. The molecule has 1 nitrogen and oxygen atoms in total. The molecule has 0 aliphatic heterocycles. The molecule has 10 heavy (non-hydrogen) atoms. The molecular formula is C6H4ClFOS. The molecule has 0 fully saturated rings. The van der Waals surface area contributed by atoms with Gasteiger partial charge in [-0.1, -0.05) is 11.6 Å². The highest BCUT2D eigenvalue weighted by molar-refractivity contribution is 7.80. The zero-order valence-corrected chi connectivity index (χ0v) is 6.46. The maximum atomic E-state index is 12.4. The van der Waals surface area contributed by atoms with Gasteiger partial charge in [-0.2, -0.15) is 0 Å². The van der Waals surface area contributed by atoms with Crippen molar-refractivity contribution in [3.05, 3.63) is 23.0 Å². The Bertz CT molecular complexity index is 241. The highest BCUT2D eigenvalue weighted by atomic mass is 35.5. The van der Waals surface area contributed by atoms with Crippen molar-refractivity contribution in [2.45, 2.75) is 4.90 Å². The summed E-state index contributed by atoms with van der Waals surface area (Å²) in [7, 11) is 0. The van der Waals surface area contributed by atoms with Crippen molar-refractivity contribution in [3.8, 4) is 5.75 Å². The topological polar surface area (TPSA) is 20.2 Å². The van der Waals surface area contributed by atoms with Crippen LogP contribution in [0.5, 0.6) is 5.75 Å². The summed E-state index contributed by atoms with van der Waals surface area (Å²) in [5, 5.41) is 8.93. The summed E-state index contributed by atoms with van der Waals surface area (Å²) in [5.74, 6) is -0.695. The fraction of sp³-hybridized carbons (Fsp3) is 0. The predicted molar refractivity (Wildman–Crippen MR) is 40.3 cm³/mol. The van der Waals surface area contributed by atoms with E-state index in [-0.39, 0.29) is 15.7 Å². The highest BCUT2D eigenvalue weighted by Gasteiger charge is 2.03. The molecule has 0 aromatic heterocycles. The molecule has 0 heterocycles. The van der Waals surface area contributed by atoms with Gasteiger partial charge < -0.3 is 5.11 Å². The van der Waals surface area contributed by atoms with Gasteiger partial charge in [0.2, 0.25) is 0 Å². The normalized spacial score (nSPS) is 9.90. The van der Waals surface area contributed by atoms with Crippen LogP contribution >= 0.6 is 24.2 Å². The van der Waals surface area contributed by atoms with Gasteiger partial charge in [-0.05, 0) is 12.1 Å². The Kier molecular flexibility index (Phi) is 2.06. The Morgan fingerprint density at radius 3 is 2.60 bits per heavy atom. The quantitative estimate of drug-likeness (QED) is 0.585. The molecule has 1 aromatic rings. The lowest BCUT2D eigenvalue weighted by Gasteiger charge is -1.98. The summed E-state index contributed by atoms with van der Waals surface area (Å²) < 4.78 is 12.4. The second kappa shape index (κ2) is 2.68. The van der Waals surface area contributed by atoms with E-state index in [0.717, 1.165) is 12.1 Å². The van der Waals surface area contributed by atoms with E-state index in [0.29, 0.717) is 0 Å². The molecule has 0 saturated heterocycles. The average Bonchev–Trinajstić information content (AvgIpc) is 1.82. The number of hydrogen-bond donors (Lipinski definition) is 2. The van der Waals surface area contributed by atoms with Crippen LogP contribution in [-0.4, -0.2) is 5.11 Å². The lowest BCUT2D eigenvalue weighted by molar-refractivity contribution is 0.460. The molecule has 0 amide bonds. The van der Waals surface area contributed by atoms with Crippen LogP contribution < -0.4 is 0 Å². The summed E-state index contributed by atoms with van der Waals surface area (Å²) in [6, 6.07) is 2.11. The van der Waals surface area contributed by atoms with Crippen LogP contribution in [0.4, 0.5) is 4.39 Å². The van der Waals surface area contributed by atoms with Gasteiger partial charge in [-0.15, -0.1) is 12.6 Å². The van der Waals surface area contributed by atoms with Crippen LogP contribution in [0.3, 0.4) is 0 Å². The van der Waals surface area contributed by atoms with Crippen LogP contribution in [0.1, 0.15) is 0 Å². The summed E-state index contributed by atoms with van der Waals surface area (Å²) >= 11 is 9.14. The van der Waals surface area contributed by atoms with E-state index in [2.05, 4.69) is 12.6 Å². The minimum atomic E-state index is -0.507. The zero-order valence-electron chi connectivity index (χ0n) is 4.81. The summed E-state index contributed by atoms with van der Waals surface area (Å²) in [6.07, 6.45) is 0. The van der Waals surface area contributed by atoms with E-state index in [9.17, 15) is 4.39 Å². The van der Waals surface area contributed by atoms with Crippen molar-refractivity contribution < 1.29 is 9.50 Å². The van der Waals surface area contributed by atoms with Crippen LogP contribution in [0.25, 0.3) is 0 Å². The van der Waals surface area contributed by atoms with E-state index >= 15 is 0 Å². The average molecular weight is 179 g/mol. The molecule has 54 valence electrons. The molecule has 0 unspecified atom stereocenters. The van der Waals surface area contributed by atoms with E-state index in [1.54, 1.807) is 0 Å². The van der Waals surface area contributed by atoms with Gasteiger partial charge >= 0.3 is 0 Å². The molecule has 1 rings (SSSR count). The molecule has 0 radical (unpaired) electrons. The molecule has 0 spiro atoms. The fourth-order valence-electron chi connectivity index (χ4n) is 0.552. The van der Waals surface area contributed by atoms with Crippen molar-refractivity contribution in [1.29, 1.82) is 0 Å². The first-order valence-electron chi connectivity index (χ1n) is 2.48.